The zero-order valence-electron chi connectivity index (χ0n) is 20.0. The summed E-state index contributed by atoms with van der Waals surface area (Å²) in [6, 6.07) is 9.22. The molecule has 0 saturated heterocycles. The number of carbonyl (C=O) groups excluding carboxylic acids is 1. The predicted octanol–water partition coefficient (Wildman–Crippen LogP) is 3.48. The molecule has 9 heteroatoms. The minimum Gasteiger partial charge on any atom is -0.369 e. The molecule has 0 aliphatic rings. The largest absolute Gasteiger partial charge is 0.369 e. The Morgan fingerprint density at radius 2 is 1.91 bits per heavy atom. The zero-order valence-corrected chi connectivity index (χ0v) is 19.0. The Labute approximate surface area is 196 Å². The van der Waals surface area contributed by atoms with Crippen molar-refractivity contribution in [2.45, 2.75) is 19.8 Å². The Hall–Kier alpha value is -3.59. The van der Waals surface area contributed by atoms with Crippen LogP contribution in [0.4, 0.5) is 5.82 Å². The van der Waals surface area contributed by atoms with Crippen LogP contribution in [0.1, 0.15) is 37.3 Å². The maximum Gasteiger partial charge on any atom is 0.251 e. The van der Waals surface area contributed by atoms with Crippen molar-refractivity contribution in [2.24, 2.45) is 0 Å². The number of pyridine rings is 1. The summed E-state index contributed by atoms with van der Waals surface area (Å²) in [5.74, 6) is 0.839. The third kappa shape index (κ3) is 4.83. The second kappa shape index (κ2) is 10.1. The molecule has 0 bridgehead atoms. The minimum absolute atomic E-state index is 0. The van der Waals surface area contributed by atoms with E-state index in [1.165, 1.54) is 6.33 Å². The van der Waals surface area contributed by atoms with E-state index in [2.05, 4.69) is 42.5 Å². The van der Waals surface area contributed by atoms with Gasteiger partial charge in [-0.25, -0.2) is 19.9 Å². The van der Waals surface area contributed by atoms with Crippen molar-refractivity contribution in [1.82, 2.24) is 30.2 Å². The highest BCUT2D eigenvalue weighted by molar-refractivity contribution is 7.59. The fourth-order valence-electron chi connectivity index (χ4n) is 3.33. The standard InChI is InChI=1S/C23H23N7O.H2S/c1-14(17-5-4-6-18-19(23(31)24-3)7-8-25-22(17)18)10-28-21-9-20(29-13-30-21)16-11-26-15(2)27-12-16;/h4-9,11-14H,10H2,1-3H3,(H,24,31)(H,28,29,30);1H2/t14-;/m1./s1/i11D,12D;. The lowest BCUT2D eigenvalue weighted by molar-refractivity contribution is 0.0964. The molecule has 3 aromatic heterocycles. The van der Waals surface area contributed by atoms with Gasteiger partial charge in [0, 0.05) is 55.1 Å². The van der Waals surface area contributed by atoms with Crippen molar-refractivity contribution >= 4 is 36.1 Å². The Morgan fingerprint density at radius 1 is 1.12 bits per heavy atom. The summed E-state index contributed by atoms with van der Waals surface area (Å²) in [6.45, 7) is 4.26. The fraction of sp³-hybridized carbons (Fsp3) is 0.217. The van der Waals surface area contributed by atoms with Crippen LogP contribution in [-0.2, 0) is 0 Å². The molecule has 3 heterocycles. The van der Waals surface area contributed by atoms with Crippen LogP contribution in [0.3, 0.4) is 0 Å². The van der Waals surface area contributed by atoms with E-state index in [0.29, 0.717) is 29.4 Å². The normalized spacial score (nSPS) is 12.3. The molecule has 2 N–H and O–H groups in total. The van der Waals surface area contributed by atoms with Gasteiger partial charge in [0.05, 0.1) is 19.5 Å². The first-order chi connectivity index (χ1) is 15.9. The Morgan fingerprint density at radius 3 is 2.66 bits per heavy atom. The van der Waals surface area contributed by atoms with E-state index in [9.17, 15) is 4.79 Å². The summed E-state index contributed by atoms with van der Waals surface area (Å²) in [5, 5.41) is 6.77. The van der Waals surface area contributed by atoms with E-state index in [-0.39, 0.29) is 43.2 Å². The monoisotopic (exact) mass is 449 g/mol. The molecule has 1 atom stereocenters. The van der Waals surface area contributed by atoms with Gasteiger partial charge in [0.25, 0.3) is 5.91 Å². The number of nitrogens with zero attached hydrogens (tertiary/aromatic N) is 5. The fourth-order valence-corrected chi connectivity index (χ4v) is 3.33. The summed E-state index contributed by atoms with van der Waals surface area (Å²) in [7, 11) is 1.61. The van der Waals surface area contributed by atoms with Crippen LogP contribution in [0.2, 0.25) is 0 Å². The number of anilines is 1. The summed E-state index contributed by atoms with van der Waals surface area (Å²) >= 11 is 0. The third-order valence-electron chi connectivity index (χ3n) is 4.98. The second-order valence-electron chi connectivity index (χ2n) is 7.12. The van der Waals surface area contributed by atoms with Gasteiger partial charge < -0.3 is 10.6 Å². The van der Waals surface area contributed by atoms with Gasteiger partial charge in [-0.3, -0.25) is 9.78 Å². The lowest BCUT2D eigenvalue weighted by Crippen LogP contribution is -2.18. The molecule has 164 valence electrons. The molecule has 1 amide bonds. The molecular formula is C23H25N7OS. The second-order valence-corrected chi connectivity index (χ2v) is 7.12. The van der Waals surface area contributed by atoms with E-state index in [4.69, 9.17) is 2.74 Å². The van der Waals surface area contributed by atoms with Crippen molar-refractivity contribution in [3.63, 3.8) is 0 Å². The molecule has 4 aromatic rings. The molecule has 0 aliphatic carbocycles. The van der Waals surface area contributed by atoms with Gasteiger partial charge in [-0.15, -0.1) is 0 Å². The maximum atomic E-state index is 12.2. The van der Waals surface area contributed by atoms with Crippen LogP contribution >= 0.6 is 13.5 Å². The summed E-state index contributed by atoms with van der Waals surface area (Å²) in [4.78, 5) is 33.3. The number of para-hydroxylation sites is 1. The first-order valence-corrected chi connectivity index (χ1v) is 9.87. The summed E-state index contributed by atoms with van der Waals surface area (Å²) in [5.41, 5.74) is 3.05. The number of benzene rings is 1. The quantitative estimate of drug-likeness (QED) is 0.464. The molecular weight excluding hydrogens is 422 g/mol. The highest BCUT2D eigenvalue weighted by Gasteiger charge is 2.15. The highest BCUT2D eigenvalue weighted by Crippen LogP contribution is 2.27. The van der Waals surface area contributed by atoms with E-state index >= 15 is 0 Å². The maximum absolute atomic E-state index is 12.2. The lowest BCUT2D eigenvalue weighted by Gasteiger charge is -2.16. The molecule has 0 fully saturated rings. The highest BCUT2D eigenvalue weighted by atomic mass is 32.1. The number of fused-ring (bicyclic) bond motifs is 1. The molecule has 1 aromatic carbocycles. The van der Waals surface area contributed by atoms with Crippen molar-refractivity contribution < 1.29 is 7.54 Å². The smallest absolute Gasteiger partial charge is 0.251 e. The van der Waals surface area contributed by atoms with E-state index in [1.54, 1.807) is 32.3 Å². The lowest BCUT2D eigenvalue weighted by atomic mass is 9.96. The summed E-state index contributed by atoms with van der Waals surface area (Å²) in [6.07, 6.45) is 2.95. The van der Waals surface area contributed by atoms with Gasteiger partial charge in [0.2, 0.25) is 0 Å². The molecule has 0 aliphatic heterocycles. The average molecular weight is 450 g/mol. The van der Waals surface area contributed by atoms with Crippen LogP contribution in [-0.4, -0.2) is 44.4 Å². The molecule has 0 saturated carbocycles. The zero-order chi connectivity index (χ0) is 23.5. The van der Waals surface area contributed by atoms with Gasteiger partial charge in [-0.05, 0) is 18.6 Å². The van der Waals surface area contributed by atoms with Crippen LogP contribution in [0.15, 0.2) is 55.2 Å². The Kier molecular flexibility index (Phi) is 6.44. The molecule has 32 heavy (non-hydrogen) atoms. The van der Waals surface area contributed by atoms with Crippen molar-refractivity contribution in [3.05, 3.63) is 72.2 Å². The van der Waals surface area contributed by atoms with Gasteiger partial charge in [-0.2, -0.15) is 13.5 Å². The molecule has 0 radical (unpaired) electrons. The van der Waals surface area contributed by atoms with E-state index in [0.717, 1.165) is 16.5 Å². The number of aryl methyl sites for hydroxylation is 1. The van der Waals surface area contributed by atoms with Gasteiger partial charge in [0.1, 0.15) is 18.0 Å². The van der Waals surface area contributed by atoms with Gasteiger partial charge >= 0.3 is 0 Å². The topological polar surface area (TPSA) is 106 Å². The van der Waals surface area contributed by atoms with Crippen LogP contribution < -0.4 is 10.6 Å². The van der Waals surface area contributed by atoms with Crippen molar-refractivity contribution in [1.29, 1.82) is 0 Å². The first-order valence-electron chi connectivity index (χ1n) is 10.9. The molecule has 0 spiro atoms. The number of carbonyl (C=O) groups is 1. The number of hydrogen-bond donors (Lipinski definition) is 2. The number of amides is 1. The number of hydrogen-bond acceptors (Lipinski definition) is 7. The number of nitrogens with one attached hydrogen (secondary N) is 2. The van der Waals surface area contributed by atoms with Crippen LogP contribution in [0.25, 0.3) is 22.2 Å². The molecule has 0 unspecified atom stereocenters. The minimum atomic E-state index is -0.151. The molecule has 8 nitrogen and oxygen atoms in total. The Balaban J connectivity index is 0.00000324. The first kappa shape index (κ1) is 20.3. The average Bonchev–Trinajstić information content (AvgIpc) is 2.81. The van der Waals surface area contributed by atoms with Gasteiger partial charge in [0.15, 0.2) is 0 Å². The van der Waals surface area contributed by atoms with E-state index in [1.807, 2.05) is 18.2 Å². The Bertz CT molecular complexity index is 1330. The number of aromatic nitrogens is 5. The van der Waals surface area contributed by atoms with Crippen molar-refractivity contribution in [3.8, 4) is 11.3 Å². The number of rotatable bonds is 6. The van der Waals surface area contributed by atoms with Gasteiger partial charge in [-0.1, -0.05) is 25.1 Å². The molecule has 4 rings (SSSR count). The van der Waals surface area contributed by atoms with Crippen molar-refractivity contribution in [2.75, 3.05) is 18.9 Å². The summed E-state index contributed by atoms with van der Waals surface area (Å²) < 4.78 is 16.2. The SMILES string of the molecule is S.[2H]c1nc(C)nc([2H])c1-c1cc(NC[C@@H](C)c2cccc3c(C(=O)NC)ccnc23)ncn1. The van der Waals surface area contributed by atoms with Crippen LogP contribution in [0, 0.1) is 6.92 Å². The van der Waals surface area contributed by atoms with E-state index < -0.39 is 0 Å². The third-order valence-corrected chi connectivity index (χ3v) is 4.98. The van der Waals surface area contributed by atoms with Crippen LogP contribution in [0.5, 0.6) is 0 Å². The predicted molar refractivity (Wildman–Crippen MR) is 130 cm³/mol.